The summed E-state index contributed by atoms with van der Waals surface area (Å²) in [6.45, 7) is 4.64. The quantitative estimate of drug-likeness (QED) is 0.130. The van der Waals surface area contributed by atoms with Gasteiger partial charge in [0.1, 0.15) is 11.5 Å². The Kier molecular flexibility index (Phi) is 11.2. The number of amides is 1. The molecule has 0 fully saturated rings. The zero-order valence-corrected chi connectivity index (χ0v) is 22.1. The van der Waals surface area contributed by atoms with Gasteiger partial charge in [-0.3, -0.25) is 4.79 Å². The number of aryl methyl sites for hydroxylation is 1. The van der Waals surface area contributed by atoms with Crippen molar-refractivity contribution in [1.82, 2.24) is 5.43 Å². The summed E-state index contributed by atoms with van der Waals surface area (Å²) in [6, 6.07) is 19.4. The van der Waals surface area contributed by atoms with Crippen molar-refractivity contribution in [3.8, 4) is 23.0 Å². The topological polar surface area (TPSA) is 95.5 Å². The summed E-state index contributed by atoms with van der Waals surface area (Å²) in [4.78, 5) is 24.6. The molecule has 0 spiro atoms. The van der Waals surface area contributed by atoms with Gasteiger partial charge in [-0.05, 0) is 85.0 Å². The van der Waals surface area contributed by atoms with Crippen molar-refractivity contribution in [2.45, 2.75) is 39.5 Å². The molecular formula is C30H34N2O6. The van der Waals surface area contributed by atoms with Crippen molar-refractivity contribution in [3.05, 3.63) is 83.4 Å². The number of hydrogen-bond donors (Lipinski definition) is 1. The van der Waals surface area contributed by atoms with Gasteiger partial charge in [-0.15, -0.1) is 0 Å². The summed E-state index contributed by atoms with van der Waals surface area (Å²) in [5.74, 6) is 1.02. The fourth-order valence-electron chi connectivity index (χ4n) is 3.41. The number of methoxy groups -OCH3 is 1. The molecule has 0 atom stereocenters. The van der Waals surface area contributed by atoms with Crippen LogP contribution in [0, 0.1) is 0 Å². The van der Waals surface area contributed by atoms with E-state index in [2.05, 4.69) is 17.5 Å². The lowest BCUT2D eigenvalue weighted by Crippen LogP contribution is -2.24. The van der Waals surface area contributed by atoms with Crippen molar-refractivity contribution in [2.75, 3.05) is 20.3 Å². The number of ether oxygens (including phenoxy) is 4. The van der Waals surface area contributed by atoms with E-state index in [1.165, 1.54) is 18.9 Å². The SMILES string of the molecule is CCCCc1ccc(OCC(=O)N/N=C/c2ccc(OC(=O)c3ccc(OCCC)cc3)c(OC)c2)cc1. The van der Waals surface area contributed by atoms with Crippen molar-refractivity contribution in [2.24, 2.45) is 5.10 Å². The number of hydrogen-bond acceptors (Lipinski definition) is 7. The smallest absolute Gasteiger partial charge is 0.343 e. The second-order valence-electron chi connectivity index (χ2n) is 8.50. The summed E-state index contributed by atoms with van der Waals surface area (Å²) >= 11 is 0. The van der Waals surface area contributed by atoms with Crippen LogP contribution in [0.5, 0.6) is 23.0 Å². The highest BCUT2D eigenvalue weighted by molar-refractivity contribution is 5.92. The number of benzene rings is 3. The Morgan fingerprint density at radius 2 is 1.58 bits per heavy atom. The molecule has 8 nitrogen and oxygen atoms in total. The van der Waals surface area contributed by atoms with Crippen LogP contribution < -0.4 is 24.4 Å². The first-order valence-corrected chi connectivity index (χ1v) is 12.7. The fraction of sp³-hybridized carbons (Fsp3) is 0.300. The molecule has 0 bridgehead atoms. The lowest BCUT2D eigenvalue weighted by atomic mass is 10.1. The van der Waals surface area contributed by atoms with E-state index in [1.54, 1.807) is 42.5 Å². The average molecular weight is 519 g/mol. The maximum Gasteiger partial charge on any atom is 0.343 e. The van der Waals surface area contributed by atoms with E-state index in [4.69, 9.17) is 18.9 Å². The van der Waals surface area contributed by atoms with Gasteiger partial charge in [0.05, 0.1) is 25.5 Å². The van der Waals surface area contributed by atoms with Crippen LogP contribution in [0.25, 0.3) is 0 Å². The molecule has 8 heteroatoms. The number of esters is 1. The van der Waals surface area contributed by atoms with Crippen LogP contribution >= 0.6 is 0 Å². The molecule has 3 aromatic carbocycles. The van der Waals surface area contributed by atoms with Gasteiger partial charge >= 0.3 is 5.97 Å². The van der Waals surface area contributed by atoms with E-state index in [0.717, 1.165) is 25.7 Å². The Labute approximate surface area is 223 Å². The third kappa shape index (κ3) is 8.96. The summed E-state index contributed by atoms with van der Waals surface area (Å²) < 4.78 is 21.9. The fourth-order valence-corrected chi connectivity index (χ4v) is 3.41. The van der Waals surface area contributed by atoms with Crippen LogP contribution in [0.4, 0.5) is 0 Å². The molecule has 0 aliphatic carbocycles. The maximum absolute atomic E-state index is 12.6. The molecule has 0 aliphatic heterocycles. The van der Waals surface area contributed by atoms with E-state index in [9.17, 15) is 9.59 Å². The molecule has 3 aromatic rings. The van der Waals surface area contributed by atoms with E-state index in [-0.39, 0.29) is 18.3 Å². The third-order valence-corrected chi connectivity index (χ3v) is 5.47. The molecule has 0 aliphatic rings. The minimum absolute atomic E-state index is 0.157. The van der Waals surface area contributed by atoms with E-state index >= 15 is 0 Å². The predicted octanol–water partition coefficient (Wildman–Crippen LogP) is 5.57. The first-order chi connectivity index (χ1) is 18.5. The zero-order chi connectivity index (χ0) is 27.2. The standard InChI is InChI=1S/C30H34N2O6/c1-4-6-7-22-8-13-26(14-9-22)37-21-29(33)32-31-20-23-10-17-27(28(19-23)35-3)38-30(34)24-11-15-25(16-12-24)36-18-5-2/h8-17,19-20H,4-7,18,21H2,1-3H3,(H,32,33)/b31-20+. The zero-order valence-electron chi connectivity index (χ0n) is 22.1. The number of nitrogens with one attached hydrogen (secondary N) is 1. The van der Waals surface area contributed by atoms with E-state index in [0.29, 0.717) is 35.0 Å². The predicted molar refractivity (Wildman–Crippen MR) is 146 cm³/mol. The highest BCUT2D eigenvalue weighted by atomic mass is 16.6. The van der Waals surface area contributed by atoms with E-state index in [1.807, 2.05) is 31.2 Å². The first-order valence-electron chi connectivity index (χ1n) is 12.7. The largest absolute Gasteiger partial charge is 0.494 e. The molecule has 1 amide bonds. The monoisotopic (exact) mass is 518 g/mol. The summed E-state index contributed by atoms with van der Waals surface area (Å²) in [7, 11) is 1.48. The molecule has 0 unspecified atom stereocenters. The molecule has 38 heavy (non-hydrogen) atoms. The molecule has 0 aromatic heterocycles. The molecule has 200 valence electrons. The van der Waals surface area contributed by atoms with Crippen molar-refractivity contribution in [3.63, 3.8) is 0 Å². The van der Waals surface area contributed by atoms with Gasteiger partial charge in [-0.2, -0.15) is 5.10 Å². The Bertz CT molecular complexity index is 1210. The summed E-state index contributed by atoms with van der Waals surface area (Å²) in [6.07, 6.45) is 5.68. The van der Waals surface area contributed by atoms with Gasteiger partial charge in [0.15, 0.2) is 18.1 Å². The Morgan fingerprint density at radius 1 is 0.868 bits per heavy atom. The number of nitrogens with zero attached hydrogens (tertiary/aromatic N) is 1. The van der Waals surface area contributed by atoms with Gasteiger partial charge in [0.2, 0.25) is 0 Å². The highest BCUT2D eigenvalue weighted by Crippen LogP contribution is 2.28. The van der Waals surface area contributed by atoms with Gasteiger partial charge in [0.25, 0.3) is 5.91 Å². The number of hydrazone groups is 1. The highest BCUT2D eigenvalue weighted by Gasteiger charge is 2.13. The van der Waals surface area contributed by atoms with Crippen molar-refractivity contribution >= 4 is 18.1 Å². The number of unbranched alkanes of at least 4 members (excludes halogenated alkanes) is 1. The number of carbonyl (C=O) groups is 2. The Hall–Kier alpha value is -4.33. The maximum atomic E-state index is 12.6. The van der Waals surface area contributed by atoms with Crippen molar-refractivity contribution < 1.29 is 28.5 Å². The average Bonchev–Trinajstić information content (AvgIpc) is 2.95. The minimum Gasteiger partial charge on any atom is -0.494 e. The molecule has 0 saturated carbocycles. The first kappa shape index (κ1) is 28.2. The second kappa shape index (κ2) is 15.0. The normalized spacial score (nSPS) is 10.7. The minimum atomic E-state index is -0.519. The molecule has 0 saturated heterocycles. The molecule has 0 heterocycles. The number of carbonyl (C=O) groups excluding carboxylic acids is 2. The molecular weight excluding hydrogens is 484 g/mol. The Morgan fingerprint density at radius 3 is 2.26 bits per heavy atom. The van der Waals surface area contributed by atoms with Crippen LogP contribution in [-0.4, -0.2) is 38.4 Å². The second-order valence-corrected chi connectivity index (χ2v) is 8.50. The van der Waals surface area contributed by atoms with Crippen LogP contribution in [0.3, 0.4) is 0 Å². The third-order valence-electron chi connectivity index (χ3n) is 5.47. The van der Waals surface area contributed by atoms with Crippen LogP contribution in [0.2, 0.25) is 0 Å². The lowest BCUT2D eigenvalue weighted by molar-refractivity contribution is -0.123. The van der Waals surface area contributed by atoms with Gasteiger partial charge in [-0.1, -0.05) is 32.4 Å². The van der Waals surface area contributed by atoms with Gasteiger partial charge in [0, 0.05) is 0 Å². The van der Waals surface area contributed by atoms with E-state index < -0.39 is 5.97 Å². The van der Waals surface area contributed by atoms with Gasteiger partial charge in [-0.25, -0.2) is 10.2 Å². The van der Waals surface area contributed by atoms with Crippen LogP contribution in [0.15, 0.2) is 71.8 Å². The van der Waals surface area contributed by atoms with Crippen LogP contribution in [0.1, 0.15) is 54.6 Å². The van der Waals surface area contributed by atoms with Crippen LogP contribution in [-0.2, 0) is 11.2 Å². The molecule has 0 radical (unpaired) electrons. The summed E-state index contributed by atoms with van der Waals surface area (Å²) in [5.41, 5.74) is 4.71. The Balaban J connectivity index is 1.50. The van der Waals surface area contributed by atoms with Gasteiger partial charge < -0.3 is 18.9 Å². The van der Waals surface area contributed by atoms with Crippen molar-refractivity contribution in [1.29, 1.82) is 0 Å². The molecule has 1 N–H and O–H groups in total. The summed E-state index contributed by atoms with van der Waals surface area (Å²) in [5, 5.41) is 3.96. The molecule has 3 rings (SSSR count). The lowest BCUT2D eigenvalue weighted by Gasteiger charge is -2.10. The number of rotatable bonds is 14.